The van der Waals surface area contributed by atoms with E-state index in [1.807, 2.05) is 37.3 Å². The first kappa shape index (κ1) is 25.5. The third kappa shape index (κ3) is 5.23. The molecule has 0 aliphatic heterocycles. The van der Waals surface area contributed by atoms with Gasteiger partial charge in [0.25, 0.3) is 0 Å². The van der Waals surface area contributed by atoms with Crippen LogP contribution in [-0.4, -0.2) is 41.4 Å². The number of aromatic nitrogens is 7. The molecule has 1 fully saturated rings. The number of nitrogens with one attached hydrogen (secondary N) is 2. The number of imidazole rings is 1. The van der Waals surface area contributed by atoms with Crippen LogP contribution in [0.1, 0.15) is 42.4 Å². The van der Waals surface area contributed by atoms with Crippen LogP contribution in [-0.2, 0) is 0 Å². The molecule has 3 heterocycles. The molecule has 0 spiro atoms. The number of nitrogens with zero attached hydrogens (tertiary/aromatic N) is 6. The molecule has 1 unspecified atom stereocenters. The van der Waals surface area contributed by atoms with E-state index >= 15 is 0 Å². The van der Waals surface area contributed by atoms with Gasteiger partial charge in [0.05, 0.1) is 11.4 Å². The summed E-state index contributed by atoms with van der Waals surface area (Å²) in [4.78, 5) is 19.3. The number of aryl methyl sites for hydroxylation is 1. The van der Waals surface area contributed by atoms with E-state index in [9.17, 15) is 10.0 Å². The molecule has 3 N–H and O–H groups in total. The Kier molecular flexibility index (Phi) is 6.64. The molecule has 0 bridgehead atoms. The molecular weight excluding hydrogens is 532 g/mol. The lowest BCUT2D eigenvalue weighted by Crippen LogP contribution is -2.34. The molecule has 1 aliphatic carbocycles. The predicted molar refractivity (Wildman–Crippen MR) is 148 cm³/mol. The highest BCUT2D eigenvalue weighted by atomic mass is 35.5. The van der Waals surface area contributed by atoms with Crippen molar-refractivity contribution >= 4 is 23.4 Å². The molecule has 12 heteroatoms. The van der Waals surface area contributed by atoms with Gasteiger partial charge in [0.15, 0.2) is 6.20 Å². The summed E-state index contributed by atoms with van der Waals surface area (Å²) in [6.45, 7) is 1.94. The molecule has 0 radical (unpaired) electrons. The van der Waals surface area contributed by atoms with E-state index in [-0.39, 0.29) is 5.92 Å². The lowest BCUT2D eigenvalue weighted by Gasteiger charge is -2.16. The second kappa shape index (κ2) is 10.4. The van der Waals surface area contributed by atoms with Gasteiger partial charge >= 0.3 is 6.09 Å². The molecule has 11 nitrogen and oxygen atoms in total. The molecule has 3 aromatic heterocycles. The Hall–Kier alpha value is -4.77. The Morgan fingerprint density at radius 2 is 1.98 bits per heavy atom. The minimum absolute atomic E-state index is 0.224. The van der Waals surface area contributed by atoms with Crippen LogP contribution < -0.4 is 10.0 Å². The SMILES string of the molecule is Cc1[nH]c(C(CC2CC2)c2ccc(-c3cc(Cl)ccc3-n3cnnn3)c[n+]2[O-])nc1-c1ccc(NC(=O)O)cc1. The molecular formula is C28H25ClN8O3. The molecule has 5 aromatic rings. The summed E-state index contributed by atoms with van der Waals surface area (Å²) in [5.74, 6) is 1.04. The van der Waals surface area contributed by atoms with Gasteiger partial charge in [0, 0.05) is 39.2 Å². The van der Waals surface area contributed by atoms with Gasteiger partial charge in [0.1, 0.15) is 18.1 Å². The maximum absolute atomic E-state index is 13.5. The van der Waals surface area contributed by atoms with Crippen molar-refractivity contribution < 1.29 is 14.6 Å². The smallest absolute Gasteiger partial charge is 0.409 e. The number of hydrogen-bond acceptors (Lipinski definition) is 6. The van der Waals surface area contributed by atoms with Gasteiger partial charge in [-0.1, -0.05) is 36.6 Å². The van der Waals surface area contributed by atoms with E-state index in [2.05, 4.69) is 25.8 Å². The largest absolute Gasteiger partial charge is 0.618 e. The summed E-state index contributed by atoms with van der Waals surface area (Å²) < 4.78 is 2.44. The number of H-pyrrole nitrogens is 1. The summed E-state index contributed by atoms with van der Waals surface area (Å²) in [5, 5.41) is 36.8. The Morgan fingerprint density at radius 1 is 1.20 bits per heavy atom. The molecule has 0 saturated heterocycles. The van der Waals surface area contributed by atoms with Crippen molar-refractivity contribution in [2.45, 2.75) is 32.1 Å². The molecule has 1 atom stereocenters. The van der Waals surface area contributed by atoms with E-state index in [0.29, 0.717) is 33.6 Å². The first-order valence-electron chi connectivity index (χ1n) is 12.8. The number of hydrogen-bond donors (Lipinski definition) is 3. The number of rotatable bonds is 8. The number of carbonyl (C=O) groups is 1. The van der Waals surface area contributed by atoms with Crippen molar-refractivity contribution in [2.24, 2.45) is 5.92 Å². The second-order valence-corrected chi connectivity index (χ2v) is 10.4. The van der Waals surface area contributed by atoms with Gasteiger partial charge in [-0.3, -0.25) is 5.32 Å². The Morgan fingerprint density at radius 3 is 2.65 bits per heavy atom. The molecule has 1 aliphatic rings. The van der Waals surface area contributed by atoms with E-state index in [1.54, 1.807) is 30.5 Å². The Balaban J connectivity index is 1.35. The number of tetrazole rings is 1. The van der Waals surface area contributed by atoms with Crippen molar-refractivity contribution in [3.05, 3.63) is 94.6 Å². The fourth-order valence-electron chi connectivity index (χ4n) is 4.96. The zero-order chi connectivity index (χ0) is 27.8. The number of anilines is 1. The number of pyridine rings is 1. The highest BCUT2D eigenvalue weighted by Crippen LogP contribution is 2.41. The van der Waals surface area contributed by atoms with Crippen LogP contribution in [0, 0.1) is 18.0 Å². The fourth-order valence-corrected chi connectivity index (χ4v) is 5.13. The summed E-state index contributed by atoms with van der Waals surface area (Å²) in [6.07, 6.45) is 5.01. The van der Waals surface area contributed by atoms with Crippen LogP contribution in [0.3, 0.4) is 0 Å². The Labute approximate surface area is 234 Å². The first-order valence-corrected chi connectivity index (χ1v) is 13.2. The van der Waals surface area contributed by atoms with Crippen molar-refractivity contribution in [3.8, 4) is 28.1 Å². The maximum atomic E-state index is 13.5. The van der Waals surface area contributed by atoms with Crippen LogP contribution in [0.2, 0.25) is 5.02 Å². The summed E-state index contributed by atoms with van der Waals surface area (Å²) >= 11 is 6.30. The summed E-state index contributed by atoms with van der Waals surface area (Å²) in [5.41, 5.74) is 5.67. The van der Waals surface area contributed by atoms with Crippen molar-refractivity contribution in [2.75, 3.05) is 5.32 Å². The van der Waals surface area contributed by atoms with Gasteiger partial charge in [-0.15, -0.1) is 5.10 Å². The summed E-state index contributed by atoms with van der Waals surface area (Å²) in [7, 11) is 0. The highest BCUT2D eigenvalue weighted by Gasteiger charge is 2.33. The van der Waals surface area contributed by atoms with E-state index in [1.165, 1.54) is 11.0 Å². The molecule has 6 rings (SSSR count). The maximum Gasteiger partial charge on any atom is 0.409 e. The number of amides is 1. The average Bonchev–Trinajstić information content (AvgIpc) is 3.42. The summed E-state index contributed by atoms with van der Waals surface area (Å²) in [6, 6.07) is 16.1. The van der Waals surface area contributed by atoms with Crippen molar-refractivity contribution in [1.29, 1.82) is 0 Å². The normalized spacial score (nSPS) is 13.8. The van der Waals surface area contributed by atoms with Crippen LogP contribution in [0.25, 0.3) is 28.1 Å². The fraction of sp³-hybridized carbons (Fsp3) is 0.214. The first-order chi connectivity index (χ1) is 19.4. The average molecular weight is 557 g/mol. The van der Waals surface area contributed by atoms with Crippen LogP contribution in [0.5, 0.6) is 0 Å². The topological polar surface area (TPSA) is 149 Å². The van der Waals surface area contributed by atoms with Gasteiger partial charge in [0.2, 0.25) is 5.69 Å². The zero-order valence-electron chi connectivity index (χ0n) is 21.5. The predicted octanol–water partition coefficient (Wildman–Crippen LogP) is 5.34. The molecule has 1 saturated carbocycles. The monoisotopic (exact) mass is 556 g/mol. The van der Waals surface area contributed by atoms with Crippen LogP contribution in [0.4, 0.5) is 10.5 Å². The Bertz CT molecular complexity index is 1680. The molecule has 202 valence electrons. The second-order valence-electron chi connectivity index (χ2n) is 9.92. The number of benzene rings is 2. The van der Waals surface area contributed by atoms with Gasteiger partial charge in [-0.25, -0.2) is 9.78 Å². The molecule has 40 heavy (non-hydrogen) atoms. The van der Waals surface area contributed by atoms with Crippen LogP contribution in [0.15, 0.2) is 67.1 Å². The third-order valence-corrected chi connectivity index (χ3v) is 7.31. The van der Waals surface area contributed by atoms with E-state index in [4.69, 9.17) is 21.7 Å². The van der Waals surface area contributed by atoms with E-state index < -0.39 is 6.09 Å². The lowest BCUT2D eigenvalue weighted by atomic mass is 9.95. The highest BCUT2D eigenvalue weighted by molar-refractivity contribution is 6.31. The zero-order valence-corrected chi connectivity index (χ0v) is 22.2. The quantitative estimate of drug-likeness (QED) is 0.172. The number of aromatic amines is 1. The van der Waals surface area contributed by atoms with Gasteiger partial charge in [-0.05, 0) is 66.1 Å². The molecule has 1 amide bonds. The molecule has 2 aromatic carbocycles. The minimum Gasteiger partial charge on any atom is -0.618 e. The minimum atomic E-state index is -1.12. The van der Waals surface area contributed by atoms with Crippen molar-refractivity contribution in [3.63, 3.8) is 0 Å². The van der Waals surface area contributed by atoms with E-state index in [0.717, 1.165) is 52.3 Å². The third-order valence-electron chi connectivity index (χ3n) is 7.08. The van der Waals surface area contributed by atoms with Gasteiger partial charge < -0.3 is 15.3 Å². The van der Waals surface area contributed by atoms with Gasteiger partial charge in [-0.2, -0.15) is 9.41 Å². The van der Waals surface area contributed by atoms with Crippen molar-refractivity contribution in [1.82, 2.24) is 30.2 Å². The standard InChI is InChI=1S/C28H25ClN8O3/c1-16-26(18-4-8-21(9-5-18)32-28(38)39)33-27(31-16)23(12-17-2-3-17)25-10-6-19(14-37(25)40)22-13-20(29)7-11-24(22)36-15-30-34-35-36/h4-11,13-15,17,23,32H,2-3,12H2,1H3,(H,31,33)(H,38,39). The number of carboxylic acid groups (broad SMARTS) is 1. The van der Waals surface area contributed by atoms with Crippen LogP contribution >= 0.6 is 11.6 Å². The number of halogens is 1. The lowest BCUT2D eigenvalue weighted by molar-refractivity contribution is -0.614.